The summed E-state index contributed by atoms with van der Waals surface area (Å²) in [5.74, 6) is -2.79. The van der Waals surface area contributed by atoms with Crippen molar-refractivity contribution in [1.82, 2.24) is 9.71 Å². The predicted octanol–water partition coefficient (Wildman–Crippen LogP) is 7.00. The first kappa shape index (κ1) is 34.2. The second kappa shape index (κ2) is 14.4. The third-order valence-electron chi connectivity index (χ3n) is 8.64. The Morgan fingerprint density at radius 1 is 0.880 bits per heavy atom. The number of anilines is 2. The molecule has 13 heteroatoms. The summed E-state index contributed by atoms with van der Waals surface area (Å²) in [5, 5.41) is 6.21. The first-order valence-corrected chi connectivity index (χ1v) is 17.5. The Morgan fingerprint density at radius 3 is 2.32 bits per heavy atom. The van der Waals surface area contributed by atoms with E-state index in [0.29, 0.717) is 39.0 Å². The molecule has 1 aliphatic carbocycles. The average Bonchev–Trinajstić information content (AvgIpc) is 3.76. The zero-order valence-corrected chi connectivity index (χ0v) is 28.1. The van der Waals surface area contributed by atoms with Gasteiger partial charge in [-0.3, -0.25) is 14.9 Å². The second-order valence-electron chi connectivity index (χ2n) is 12.0. The number of carbonyl (C=O) groups is 3. The first-order chi connectivity index (χ1) is 24.0. The SMILES string of the molecule is COc1cc(C(=O)NS(=O)(=O)c2ccccc2C)ccc1C(C(=O)Nc1ccc(F)cc1)c1c[nH]c2ccc(NC(=O)OC3CCCC3)cc12. The number of benzene rings is 4. The second-order valence-corrected chi connectivity index (χ2v) is 13.7. The van der Waals surface area contributed by atoms with Gasteiger partial charge in [0, 0.05) is 39.6 Å². The topological polar surface area (TPSA) is 156 Å². The van der Waals surface area contributed by atoms with Gasteiger partial charge in [0.15, 0.2) is 0 Å². The highest BCUT2D eigenvalue weighted by Gasteiger charge is 2.30. The van der Waals surface area contributed by atoms with E-state index in [0.717, 1.165) is 25.7 Å². The van der Waals surface area contributed by atoms with Gasteiger partial charge >= 0.3 is 6.09 Å². The number of halogens is 1. The highest BCUT2D eigenvalue weighted by atomic mass is 32.2. The fraction of sp³-hybridized carbons (Fsp3) is 0.216. The Labute approximate surface area is 288 Å². The van der Waals surface area contributed by atoms with Gasteiger partial charge in [0.25, 0.3) is 15.9 Å². The summed E-state index contributed by atoms with van der Waals surface area (Å²) in [7, 11) is -2.82. The molecule has 4 N–H and O–H groups in total. The molecule has 1 aromatic heterocycles. The van der Waals surface area contributed by atoms with Gasteiger partial charge in [-0.05, 0) is 104 Å². The number of ether oxygens (including phenoxy) is 2. The summed E-state index contributed by atoms with van der Waals surface area (Å²) in [5.41, 5.74) is 2.77. The lowest BCUT2D eigenvalue weighted by Crippen LogP contribution is -2.31. The predicted molar refractivity (Wildman–Crippen MR) is 186 cm³/mol. The van der Waals surface area contributed by atoms with Gasteiger partial charge in [0.2, 0.25) is 5.91 Å². The molecule has 1 unspecified atom stereocenters. The summed E-state index contributed by atoms with van der Waals surface area (Å²) in [6.45, 7) is 1.62. The fourth-order valence-electron chi connectivity index (χ4n) is 6.15. The zero-order chi connectivity index (χ0) is 35.4. The number of nitrogens with one attached hydrogen (secondary N) is 4. The van der Waals surface area contributed by atoms with E-state index in [9.17, 15) is 27.2 Å². The van der Waals surface area contributed by atoms with E-state index in [1.54, 1.807) is 49.5 Å². The smallest absolute Gasteiger partial charge is 0.411 e. The molecule has 11 nitrogen and oxygen atoms in total. The van der Waals surface area contributed by atoms with Crippen LogP contribution in [0.2, 0.25) is 0 Å². The lowest BCUT2D eigenvalue weighted by atomic mass is 9.88. The third-order valence-corrected chi connectivity index (χ3v) is 10.1. The van der Waals surface area contributed by atoms with Gasteiger partial charge < -0.3 is 19.8 Å². The van der Waals surface area contributed by atoms with Gasteiger partial charge in [-0.15, -0.1) is 0 Å². The number of methoxy groups -OCH3 is 1. The van der Waals surface area contributed by atoms with Crippen LogP contribution in [-0.2, 0) is 19.6 Å². The number of rotatable bonds is 10. The van der Waals surface area contributed by atoms with Crippen molar-refractivity contribution in [2.24, 2.45) is 0 Å². The molecule has 1 saturated carbocycles. The number of aromatic nitrogens is 1. The van der Waals surface area contributed by atoms with E-state index in [1.165, 1.54) is 55.6 Å². The van der Waals surface area contributed by atoms with E-state index in [4.69, 9.17) is 9.47 Å². The van der Waals surface area contributed by atoms with Crippen LogP contribution in [0.4, 0.5) is 20.6 Å². The summed E-state index contributed by atoms with van der Waals surface area (Å²) < 4.78 is 53.1. The fourth-order valence-corrected chi connectivity index (χ4v) is 7.37. The zero-order valence-electron chi connectivity index (χ0n) is 27.3. The molecule has 258 valence electrons. The van der Waals surface area contributed by atoms with Gasteiger partial charge in [-0.1, -0.05) is 24.3 Å². The van der Waals surface area contributed by atoms with Gasteiger partial charge in [0.05, 0.1) is 17.9 Å². The number of H-pyrrole nitrogens is 1. The Balaban J connectivity index is 1.36. The van der Waals surface area contributed by atoms with Gasteiger partial charge in [0.1, 0.15) is 17.7 Å². The van der Waals surface area contributed by atoms with Crippen LogP contribution in [0.15, 0.2) is 96.0 Å². The van der Waals surface area contributed by atoms with Crippen molar-refractivity contribution < 1.29 is 36.7 Å². The molecule has 0 bridgehead atoms. The van der Waals surface area contributed by atoms with Crippen molar-refractivity contribution in [3.8, 4) is 5.75 Å². The lowest BCUT2D eigenvalue weighted by Gasteiger charge is -2.21. The number of fused-ring (bicyclic) bond motifs is 1. The van der Waals surface area contributed by atoms with Crippen LogP contribution >= 0.6 is 0 Å². The molecule has 1 aliphatic rings. The minimum Gasteiger partial charge on any atom is -0.496 e. The van der Waals surface area contributed by atoms with Crippen molar-refractivity contribution in [3.63, 3.8) is 0 Å². The maximum Gasteiger partial charge on any atom is 0.411 e. The quantitative estimate of drug-likeness (QED) is 0.122. The summed E-state index contributed by atoms with van der Waals surface area (Å²) in [4.78, 5) is 43.2. The summed E-state index contributed by atoms with van der Waals surface area (Å²) >= 11 is 0. The van der Waals surface area contributed by atoms with Gasteiger partial charge in [-0.2, -0.15) is 0 Å². The largest absolute Gasteiger partial charge is 0.496 e. The average molecular weight is 699 g/mol. The molecule has 0 spiro atoms. The van der Waals surface area contributed by atoms with Crippen LogP contribution in [0.1, 0.15) is 58.6 Å². The minimum absolute atomic E-state index is 0.0216. The van der Waals surface area contributed by atoms with Crippen LogP contribution in [0.5, 0.6) is 5.75 Å². The maximum atomic E-state index is 14.1. The van der Waals surface area contributed by atoms with Crippen LogP contribution in [0.3, 0.4) is 0 Å². The first-order valence-electron chi connectivity index (χ1n) is 16.0. The Bertz CT molecular complexity index is 2180. The molecular weight excluding hydrogens is 663 g/mol. The van der Waals surface area contributed by atoms with E-state index in [2.05, 4.69) is 20.3 Å². The number of aromatic amines is 1. The molecule has 1 atom stereocenters. The molecule has 5 aromatic rings. The Morgan fingerprint density at radius 2 is 1.60 bits per heavy atom. The molecule has 3 amide bonds. The molecular formula is C37H35FN4O7S. The van der Waals surface area contributed by atoms with Crippen LogP contribution in [0, 0.1) is 12.7 Å². The summed E-state index contributed by atoms with van der Waals surface area (Å²) in [6, 6.07) is 21.1. The normalized spacial score (nSPS) is 13.8. The highest BCUT2D eigenvalue weighted by molar-refractivity contribution is 7.90. The minimum atomic E-state index is -4.19. The summed E-state index contributed by atoms with van der Waals surface area (Å²) in [6.07, 6.45) is 4.64. The van der Waals surface area contributed by atoms with E-state index in [-0.39, 0.29) is 22.3 Å². The van der Waals surface area contributed by atoms with Crippen molar-refractivity contribution in [3.05, 3.63) is 119 Å². The maximum absolute atomic E-state index is 14.1. The number of aryl methyl sites for hydroxylation is 1. The molecule has 1 heterocycles. The van der Waals surface area contributed by atoms with E-state index >= 15 is 0 Å². The highest BCUT2D eigenvalue weighted by Crippen LogP contribution is 2.38. The van der Waals surface area contributed by atoms with Crippen LogP contribution < -0.4 is 20.1 Å². The molecule has 50 heavy (non-hydrogen) atoms. The van der Waals surface area contributed by atoms with Crippen molar-refractivity contribution in [2.45, 2.75) is 49.5 Å². The number of hydrogen-bond donors (Lipinski definition) is 4. The molecule has 6 rings (SSSR count). The van der Waals surface area contributed by atoms with Crippen LogP contribution in [0.25, 0.3) is 10.9 Å². The molecule has 4 aromatic carbocycles. The molecule has 0 saturated heterocycles. The standard InChI is InChI=1S/C37H35FN4O7S/c1-22-7-3-6-10-33(22)50(46,47)42-35(43)23-11-17-28(32(19-23)48-2)34(36(44)40-25-14-12-24(38)13-15-25)30-21-39-31-18-16-26(20-29(30)31)41-37(45)49-27-8-4-5-9-27/h3,6-7,10-21,27,34,39H,4-5,8-9H2,1-2H3,(H,40,44)(H,41,45)(H,42,43). The third kappa shape index (κ3) is 7.47. The van der Waals surface area contributed by atoms with Crippen LogP contribution in [-0.4, -0.2) is 44.5 Å². The lowest BCUT2D eigenvalue weighted by molar-refractivity contribution is -0.116. The number of amides is 3. The van der Waals surface area contributed by atoms with E-state index in [1.807, 2.05) is 0 Å². The molecule has 0 radical (unpaired) electrons. The van der Waals surface area contributed by atoms with Crippen molar-refractivity contribution >= 4 is 50.2 Å². The Hall–Kier alpha value is -5.69. The van der Waals surface area contributed by atoms with Gasteiger partial charge in [-0.25, -0.2) is 22.3 Å². The Kier molecular flexibility index (Phi) is 9.86. The number of carbonyl (C=O) groups excluding carboxylic acids is 3. The molecule has 0 aliphatic heterocycles. The molecule has 1 fully saturated rings. The van der Waals surface area contributed by atoms with E-state index < -0.39 is 39.7 Å². The number of hydrogen-bond acceptors (Lipinski definition) is 7. The van der Waals surface area contributed by atoms with Crippen molar-refractivity contribution in [1.29, 1.82) is 0 Å². The van der Waals surface area contributed by atoms with Crippen molar-refractivity contribution in [2.75, 3.05) is 17.7 Å². The monoisotopic (exact) mass is 698 g/mol. The number of sulfonamides is 1.